The van der Waals surface area contributed by atoms with Crippen LogP contribution in [0.1, 0.15) is 0 Å². The summed E-state index contributed by atoms with van der Waals surface area (Å²) in [5.41, 5.74) is 4.32. The van der Waals surface area contributed by atoms with Gasteiger partial charge in [-0.3, -0.25) is 0 Å². The van der Waals surface area contributed by atoms with E-state index < -0.39 is 30.1 Å². The fourth-order valence-electron chi connectivity index (χ4n) is 1.70. The predicted molar refractivity (Wildman–Crippen MR) is 75.7 cm³/mol. The van der Waals surface area contributed by atoms with Crippen molar-refractivity contribution in [3.8, 4) is 5.75 Å². The van der Waals surface area contributed by atoms with Crippen LogP contribution in [0, 0.1) is 0 Å². The number of halogens is 4. The Hall–Kier alpha value is -2.22. The van der Waals surface area contributed by atoms with Gasteiger partial charge in [-0.05, 0) is 18.2 Å². The summed E-state index contributed by atoms with van der Waals surface area (Å²) in [6.45, 7) is -0.442. The number of alkyl halides is 3. The quantitative estimate of drug-likeness (QED) is 0.513. The summed E-state index contributed by atoms with van der Waals surface area (Å²) in [4.78, 5) is 16.4. The van der Waals surface area contributed by atoms with Crippen molar-refractivity contribution >= 4 is 29.0 Å². The lowest BCUT2D eigenvalue weighted by atomic mass is 10.2. The third-order valence-corrected chi connectivity index (χ3v) is 2.99. The molecule has 0 unspecified atom stereocenters. The van der Waals surface area contributed by atoms with Gasteiger partial charge in [-0.15, -0.1) is 0 Å². The molecule has 0 spiro atoms. The van der Waals surface area contributed by atoms with Crippen molar-refractivity contribution < 1.29 is 22.7 Å². The molecule has 2 N–H and O–H groups in total. The molecule has 1 aromatic rings. The number of carbonyl (C=O) groups is 1. The third-order valence-electron chi connectivity index (χ3n) is 2.69. The summed E-state index contributed by atoms with van der Waals surface area (Å²) < 4.78 is 43.1. The second-order valence-corrected chi connectivity index (χ2v) is 4.97. The molecule has 2 rings (SSSR count). The monoisotopic (exact) mass is 333 g/mol. The van der Waals surface area contributed by atoms with Crippen LogP contribution in [-0.4, -0.2) is 36.3 Å². The van der Waals surface area contributed by atoms with Crippen molar-refractivity contribution in [2.24, 2.45) is 4.99 Å². The number of rotatable bonds is 2. The molecule has 0 fully saturated rings. The number of esters is 1. The van der Waals surface area contributed by atoms with E-state index in [2.05, 4.69) is 4.99 Å². The average molecular weight is 334 g/mol. The highest BCUT2D eigenvalue weighted by Gasteiger charge is 2.38. The second-order valence-electron chi connectivity index (χ2n) is 4.57. The van der Waals surface area contributed by atoms with E-state index in [0.29, 0.717) is 5.69 Å². The first-order chi connectivity index (χ1) is 10.2. The highest BCUT2D eigenvalue weighted by Crippen LogP contribution is 2.28. The zero-order chi connectivity index (χ0) is 16.5. The van der Waals surface area contributed by atoms with Crippen LogP contribution in [0.5, 0.6) is 5.75 Å². The number of carbonyl (C=O) groups excluding carboxylic acids is 1. The molecule has 0 saturated heterocycles. The molecule has 1 heterocycles. The largest absolute Gasteiger partial charge is 0.431 e. The smallest absolute Gasteiger partial charge is 0.420 e. The molecule has 0 radical (unpaired) electrons. The zero-order valence-electron chi connectivity index (χ0n) is 11.3. The van der Waals surface area contributed by atoms with Crippen LogP contribution in [0.2, 0.25) is 5.02 Å². The summed E-state index contributed by atoms with van der Waals surface area (Å²) in [5, 5.41) is 0.0677. The van der Waals surface area contributed by atoms with Crippen LogP contribution in [-0.2, 0) is 4.79 Å². The number of nitrogens with two attached hydrogens (primary N) is 1. The Labute approximate surface area is 128 Å². The van der Waals surface area contributed by atoms with Gasteiger partial charge in [0.25, 0.3) is 0 Å². The van der Waals surface area contributed by atoms with E-state index in [1.807, 2.05) is 0 Å². The van der Waals surface area contributed by atoms with Gasteiger partial charge < -0.3 is 15.4 Å². The van der Waals surface area contributed by atoms with Crippen molar-refractivity contribution in [3.05, 3.63) is 35.1 Å². The summed E-state index contributed by atoms with van der Waals surface area (Å²) in [6, 6.07) is 4.15. The van der Waals surface area contributed by atoms with Crippen LogP contribution in [0.3, 0.4) is 0 Å². The normalized spacial score (nSPS) is 15.2. The number of nitrogen functional groups attached to an aromatic ring is 1. The van der Waals surface area contributed by atoms with Crippen molar-refractivity contribution in [2.45, 2.75) is 6.18 Å². The molecule has 1 aliphatic rings. The van der Waals surface area contributed by atoms with Crippen LogP contribution < -0.4 is 10.5 Å². The Morgan fingerprint density at radius 1 is 1.45 bits per heavy atom. The fourth-order valence-corrected chi connectivity index (χ4v) is 1.93. The number of ether oxygens (including phenoxy) is 1. The van der Waals surface area contributed by atoms with Gasteiger partial charge in [-0.1, -0.05) is 11.6 Å². The fraction of sp³-hybridized carbons (Fsp3) is 0.231. The molecule has 118 valence electrons. The molecule has 0 aromatic heterocycles. The molecule has 1 aromatic carbocycles. The van der Waals surface area contributed by atoms with Gasteiger partial charge in [-0.2, -0.15) is 13.2 Å². The van der Waals surface area contributed by atoms with E-state index in [1.165, 1.54) is 36.3 Å². The van der Waals surface area contributed by atoms with Gasteiger partial charge in [0.15, 0.2) is 5.70 Å². The number of aliphatic imine (C=N–C) groups is 1. The molecule has 9 heteroatoms. The van der Waals surface area contributed by atoms with E-state index in [1.54, 1.807) is 0 Å². The van der Waals surface area contributed by atoms with Crippen LogP contribution in [0.15, 0.2) is 35.1 Å². The lowest BCUT2D eigenvalue weighted by Gasteiger charge is -2.22. The zero-order valence-corrected chi connectivity index (χ0v) is 12.1. The number of benzene rings is 1. The topological polar surface area (TPSA) is 67.9 Å². The van der Waals surface area contributed by atoms with E-state index in [4.69, 9.17) is 22.1 Å². The van der Waals surface area contributed by atoms with Crippen molar-refractivity contribution in [3.63, 3.8) is 0 Å². The lowest BCUT2D eigenvalue weighted by molar-refractivity contribution is -0.130. The number of anilines is 1. The Morgan fingerprint density at radius 2 is 2.14 bits per heavy atom. The van der Waals surface area contributed by atoms with Crippen LogP contribution in [0.4, 0.5) is 18.9 Å². The maximum absolute atomic E-state index is 12.7. The van der Waals surface area contributed by atoms with Gasteiger partial charge in [0.1, 0.15) is 11.5 Å². The summed E-state index contributed by atoms with van der Waals surface area (Å²) in [7, 11) is 1.39. The lowest BCUT2D eigenvalue weighted by Crippen LogP contribution is -2.36. The Morgan fingerprint density at radius 3 is 2.73 bits per heavy atom. The highest BCUT2D eigenvalue weighted by molar-refractivity contribution is 6.32. The molecule has 0 amide bonds. The Balaban J connectivity index is 2.23. The highest BCUT2D eigenvalue weighted by atomic mass is 35.5. The van der Waals surface area contributed by atoms with E-state index in [-0.39, 0.29) is 10.8 Å². The van der Waals surface area contributed by atoms with Gasteiger partial charge in [-0.25, -0.2) is 9.79 Å². The third kappa shape index (κ3) is 3.70. The molecule has 0 aliphatic carbocycles. The first-order valence-electron chi connectivity index (χ1n) is 6.01. The molecule has 0 bridgehead atoms. The van der Waals surface area contributed by atoms with Crippen LogP contribution >= 0.6 is 11.6 Å². The molecule has 0 saturated carbocycles. The minimum atomic E-state index is -4.62. The maximum atomic E-state index is 12.7. The average Bonchev–Trinajstić information content (AvgIpc) is 2.40. The number of hydrogen-bond donors (Lipinski definition) is 1. The maximum Gasteiger partial charge on any atom is 0.431 e. The number of nitrogens with zero attached hydrogens (tertiary/aromatic N) is 2. The Kier molecular flexibility index (Phi) is 4.32. The Bertz CT molecular complexity index is 671. The standard InChI is InChI=1S/C13H11ClF3N3O2/c1-20-5-9(19-11(6-20)13(15,16)17)12(21)22-10-3-2-7(18)4-8(10)14/h2-5H,6,18H2,1H3. The van der Waals surface area contributed by atoms with Crippen molar-refractivity contribution in [1.29, 1.82) is 0 Å². The minimum Gasteiger partial charge on any atom is -0.420 e. The second kappa shape index (κ2) is 5.88. The van der Waals surface area contributed by atoms with E-state index in [9.17, 15) is 18.0 Å². The number of hydrogen-bond acceptors (Lipinski definition) is 5. The first kappa shape index (κ1) is 16.2. The molecule has 22 heavy (non-hydrogen) atoms. The van der Waals surface area contributed by atoms with Gasteiger partial charge in [0, 0.05) is 18.9 Å². The van der Waals surface area contributed by atoms with Crippen molar-refractivity contribution in [2.75, 3.05) is 19.3 Å². The summed E-state index contributed by atoms with van der Waals surface area (Å²) in [6.07, 6.45) is -3.45. The molecular weight excluding hydrogens is 323 g/mol. The van der Waals surface area contributed by atoms with Crippen molar-refractivity contribution in [1.82, 2.24) is 4.90 Å². The van der Waals surface area contributed by atoms with E-state index >= 15 is 0 Å². The minimum absolute atomic E-state index is 0.0150. The first-order valence-corrected chi connectivity index (χ1v) is 6.38. The summed E-state index contributed by atoms with van der Waals surface area (Å²) in [5.74, 6) is -1.06. The SMILES string of the molecule is CN1C=C(C(=O)Oc2ccc(N)cc2Cl)N=C(C(F)(F)F)C1. The van der Waals surface area contributed by atoms with Gasteiger partial charge in [0.2, 0.25) is 0 Å². The molecule has 0 atom stereocenters. The molecule has 1 aliphatic heterocycles. The predicted octanol–water partition coefficient (Wildman–Crippen LogP) is 2.62. The molecule has 5 nitrogen and oxygen atoms in total. The van der Waals surface area contributed by atoms with Gasteiger partial charge in [0.05, 0.1) is 11.6 Å². The molecular formula is C13H11ClF3N3O2. The summed E-state index contributed by atoms with van der Waals surface area (Å²) >= 11 is 5.84. The van der Waals surface area contributed by atoms with Gasteiger partial charge >= 0.3 is 12.1 Å². The van der Waals surface area contributed by atoms with E-state index in [0.717, 1.165) is 0 Å². The van der Waals surface area contributed by atoms with Crippen LogP contribution in [0.25, 0.3) is 0 Å².